The Morgan fingerprint density at radius 2 is 1.95 bits per heavy atom. The van der Waals surface area contributed by atoms with E-state index in [1.54, 1.807) is 18.7 Å². The topological polar surface area (TPSA) is 58.6 Å². The van der Waals surface area contributed by atoms with Crippen LogP contribution >= 0.6 is 0 Å². The van der Waals surface area contributed by atoms with Gasteiger partial charge in [-0.3, -0.25) is 9.59 Å². The van der Waals surface area contributed by atoms with Crippen LogP contribution in [0.5, 0.6) is 0 Å². The van der Waals surface area contributed by atoms with E-state index >= 15 is 0 Å². The molecule has 1 fully saturated rings. The second kappa shape index (κ2) is 7.07. The van der Waals surface area contributed by atoms with Gasteiger partial charge in [-0.2, -0.15) is 0 Å². The minimum Gasteiger partial charge on any atom is -0.381 e. The maximum Gasteiger partial charge on any atom is 0.248 e. The number of nitrogens with one attached hydrogen (secondary N) is 1. The van der Waals surface area contributed by atoms with E-state index in [2.05, 4.69) is 12.2 Å². The second-order valence-electron chi connectivity index (χ2n) is 6.27. The van der Waals surface area contributed by atoms with Crippen LogP contribution in [-0.4, -0.2) is 48.1 Å². The summed E-state index contributed by atoms with van der Waals surface area (Å²) < 4.78 is 5.45. The Kier molecular flexibility index (Phi) is 5.99. The van der Waals surface area contributed by atoms with Crippen LogP contribution in [0.25, 0.3) is 0 Å². The van der Waals surface area contributed by atoms with Gasteiger partial charge < -0.3 is 15.0 Å². The number of ether oxygens (including phenoxy) is 1. The van der Waals surface area contributed by atoms with Gasteiger partial charge in [-0.25, -0.2) is 0 Å². The van der Waals surface area contributed by atoms with Crippen molar-refractivity contribution in [1.82, 2.24) is 10.2 Å². The standard InChI is InChI=1S/C15H28N2O3/c1-6-9-20-10-7-8-17-12(11(2)3)13(18)16-15(4,5)14(17)19/h11-12H,6-10H2,1-5H3,(H,16,18). The molecule has 1 unspecified atom stereocenters. The van der Waals surface area contributed by atoms with Crippen molar-refractivity contribution in [2.24, 2.45) is 5.92 Å². The van der Waals surface area contributed by atoms with Crippen LogP contribution < -0.4 is 5.32 Å². The highest BCUT2D eigenvalue weighted by atomic mass is 16.5. The monoisotopic (exact) mass is 284 g/mol. The van der Waals surface area contributed by atoms with Crippen LogP contribution in [0.4, 0.5) is 0 Å². The van der Waals surface area contributed by atoms with E-state index in [9.17, 15) is 9.59 Å². The molecule has 0 aromatic rings. The highest BCUT2D eigenvalue weighted by molar-refractivity contribution is 5.99. The van der Waals surface area contributed by atoms with Gasteiger partial charge in [0.05, 0.1) is 0 Å². The zero-order valence-corrected chi connectivity index (χ0v) is 13.4. The third-order valence-electron chi connectivity index (χ3n) is 3.50. The molecule has 1 atom stereocenters. The largest absolute Gasteiger partial charge is 0.381 e. The van der Waals surface area contributed by atoms with Crippen molar-refractivity contribution in [3.63, 3.8) is 0 Å². The predicted molar refractivity (Wildman–Crippen MR) is 78.3 cm³/mol. The molecule has 0 radical (unpaired) electrons. The highest BCUT2D eigenvalue weighted by Gasteiger charge is 2.45. The molecule has 1 aliphatic heterocycles. The lowest BCUT2D eigenvalue weighted by Crippen LogP contribution is -2.69. The highest BCUT2D eigenvalue weighted by Crippen LogP contribution is 2.22. The third kappa shape index (κ3) is 3.95. The van der Waals surface area contributed by atoms with Crippen molar-refractivity contribution >= 4 is 11.8 Å². The summed E-state index contributed by atoms with van der Waals surface area (Å²) in [6, 6.07) is -0.373. The van der Waals surface area contributed by atoms with Crippen LogP contribution in [0.2, 0.25) is 0 Å². The van der Waals surface area contributed by atoms with Gasteiger partial charge in [-0.1, -0.05) is 20.8 Å². The molecule has 1 N–H and O–H groups in total. The fourth-order valence-corrected chi connectivity index (χ4v) is 2.55. The lowest BCUT2D eigenvalue weighted by Gasteiger charge is -2.44. The molecule has 0 spiro atoms. The lowest BCUT2D eigenvalue weighted by molar-refractivity contribution is -0.155. The van der Waals surface area contributed by atoms with E-state index in [-0.39, 0.29) is 23.8 Å². The Hall–Kier alpha value is -1.10. The molecule has 0 aromatic carbocycles. The summed E-state index contributed by atoms with van der Waals surface area (Å²) in [6.07, 6.45) is 1.75. The number of hydrogen-bond acceptors (Lipinski definition) is 3. The van der Waals surface area contributed by atoms with Crippen molar-refractivity contribution in [3.8, 4) is 0 Å². The van der Waals surface area contributed by atoms with Crippen LogP contribution in [0.3, 0.4) is 0 Å². The number of piperazine rings is 1. The van der Waals surface area contributed by atoms with Gasteiger partial charge in [0.15, 0.2) is 0 Å². The number of rotatable bonds is 7. The normalized spacial score (nSPS) is 22.3. The van der Waals surface area contributed by atoms with E-state index in [1.807, 2.05) is 13.8 Å². The number of carbonyl (C=O) groups is 2. The molecule has 5 nitrogen and oxygen atoms in total. The minimum absolute atomic E-state index is 0.00806. The fourth-order valence-electron chi connectivity index (χ4n) is 2.55. The van der Waals surface area contributed by atoms with E-state index in [0.717, 1.165) is 19.4 Å². The third-order valence-corrected chi connectivity index (χ3v) is 3.50. The first-order valence-electron chi connectivity index (χ1n) is 7.52. The van der Waals surface area contributed by atoms with Gasteiger partial charge in [-0.05, 0) is 32.6 Å². The van der Waals surface area contributed by atoms with E-state index < -0.39 is 5.54 Å². The molecule has 0 bridgehead atoms. The molecule has 1 heterocycles. The molecule has 20 heavy (non-hydrogen) atoms. The van der Waals surface area contributed by atoms with Gasteiger partial charge in [0, 0.05) is 19.8 Å². The summed E-state index contributed by atoms with van der Waals surface area (Å²) in [5.41, 5.74) is -0.813. The first-order chi connectivity index (χ1) is 9.31. The summed E-state index contributed by atoms with van der Waals surface area (Å²) in [4.78, 5) is 26.4. The Morgan fingerprint density at radius 1 is 1.30 bits per heavy atom. The summed E-state index contributed by atoms with van der Waals surface area (Å²) in [7, 11) is 0. The van der Waals surface area contributed by atoms with Crippen molar-refractivity contribution in [2.45, 2.75) is 59.0 Å². The zero-order valence-electron chi connectivity index (χ0n) is 13.4. The van der Waals surface area contributed by atoms with Crippen molar-refractivity contribution in [3.05, 3.63) is 0 Å². The summed E-state index contributed by atoms with van der Waals surface area (Å²) >= 11 is 0. The summed E-state index contributed by atoms with van der Waals surface area (Å²) in [5.74, 6) is 0.0389. The Bertz CT molecular complexity index is 353. The molecule has 116 valence electrons. The van der Waals surface area contributed by atoms with E-state index in [1.165, 1.54) is 0 Å². The number of carbonyl (C=O) groups excluding carboxylic acids is 2. The molecule has 5 heteroatoms. The van der Waals surface area contributed by atoms with E-state index in [4.69, 9.17) is 4.74 Å². The van der Waals surface area contributed by atoms with E-state index in [0.29, 0.717) is 13.2 Å². The summed E-state index contributed by atoms with van der Waals surface area (Å²) in [6.45, 7) is 11.5. The smallest absolute Gasteiger partial charge is 0.248 e. The van der Waals surface area contributed by atoms with Crippen LogP contribution in [0.15, 0.2) is 0 Å². The molecule has 2 amide bonds. The first-order valence-corrected chi connectivity index (χ1v) is 7.52. The van der Waals surface area contributed by atoms with Gasteiger partial charge in [0.1, 0.15) is 11.6 Å². The number of nitrogens with zero attached hydrogens (tertiary/aromatic N) is 1. The molecule has 1 rings (SSSR count). The van der Waals surface area contributed by atoms with Crippen LogP contribution in [-0.2, 0) is 14.3 Å². The number of amides is 2. The van der Waals surface area contributed by atoms with Crippen molar-refractivity contribution < 1.29 is 14.3 Å². The predicted octanol–water partition coefficient (Wildman–Crippen LogP) is 1.56. The lowest BCUT2D eigenvalue weighted by atomic mass is 9.91. The summed E-state index contributed by atoms with van der Waals surface area (Å²) in [5, 5.41) is 2.82. The van der Waals surface area contributed by atoms with Gasteiger partial charge in [0.25, 0.3) is 0 Å². The van der Waals surface area contributed by atoms with Gasteiger partial charge in [-0.15, -0.1) is 0 Å². The molecular weight excluding hydrogens is 256 g/mol. The second-order valence-corrected chi connectivity index (χ2v) is 6.27. The zero-order chi connectivity index (χ0) is 15.3. The molecule has 0 saturated carbocycles. The van der Waals surface area contributed by atoms with Crippen molar-refractivity contribution in [2.75, 3.05) is 19.8 Å². The van der Waals surface area contributed by atoms with Crippen molar-refractivity contribution in [1.29, 1.82) is 0 Å². The average molecular weight is 284 g/mol. The molecule has 0 aliphatic carbocycles. The Labute approximate surface area is 122 Å². The number of hydrogen-bond donors (Lipinski definition) is 1. The molecule has 0 aromatic heterocycles. The molecule has 1 saturated heterocycles. The quantitative estimate of drug-likeness (QED) is 0.722. The first kappa shape index (κ1) is 17.0. The maximum atomic E-state index is 12.5. The molecular formula is C15H28N2O3. The fraction of sp³-hybridized carbons (Fsp3) is 0.867. The van der Waals surface area contributed by atoms with Gasteiger partial charge in [0.2, 0.25) is 11.8 Å². The maximum absolute atomic E-state index is 12.5. The Balaban J connectivity index is 2.69. The van der Waals surface area contributed by atoms with Crippen LogP contribution in [0.1, 0.15) is 47.5 Å². The minimum atomic E-state index is -0.813. The molecule has 1 aliphatic rings. The SMILES string of the molecule is CCCOCCCN1C(=O)C(C)(C)NC(=O)C1C(C)C. The average Bonchev–Trinajstić information content (AvgIpc) is 2.33. The van der Waals surface area contributed by atoms with Crippen LogP contribution in [0, 0.1) is 5.92 Å². The van der Waals surface area contributed by atoms with Gasteiger partial charge >= 0.3 is 0 Å². The Morgan fingerprint density at radius 3 is 2.50 bits per heavy atom.